The molecule has 0 saturated carbocycles. The van der Waals surface area contributed by atoms with Gasteiger partial charge in [0.15, 0.2) is 0 Å². The molecule has 0 aliphatic carbocycles. The third-order valence-corrected chi connectivity index (χ3v) is 3.93. The molecule has 1 heterocycles. The number of hydrogen-bond acceptors (Lipinski definition) is 5. The fourth-order valence-electron chi connectivity index (χ4n) is 2.76. The number of ether oxygens (including phenoxy) is 1. The molecule has 25 heavy (non-hydrogen) atoms. The average molecular weight is 348 g/mol. The molecule has 8 heteroatoms. The minimum Gasteiger partial charge on any atom is -0.494 e. The van der Waals surface area contributed by atoms with E-state index in [0.717, 1.165) is 11.3 Å². The van der Waals surface area contributed by atoms with Crippen LogP contribution in [0.1, 0.15) is 18.9 Å². The quantitative estimate of drug-likeness (QED) is 0.579. The van der Waals surface area contributed by atoms with E-state index in [2.05, 4.69) is 10.6 Å². The smallest absolute Gasteiger partial charge is 0.237 e. The maximum Gasteiger partial charge on any atom is 0.237 e. The second-order valence-corrected chi connectivity index (χ2v) is 5.77. The first kappa shape index (κ1) is 18.7. The van der Waals surface area contributed by atoms with Gasteiger partial charge in [-0.2, -0.15) is 0 Å². The summed E-state index contributed by atoms with van der Waals surface area (Å²) in [4.78, 5) is 36.9. The van der Waals surface area contributed by atoms with Gasteiger partial charge in [-0.3, -0.25) is 19.3 Å². The SMILES string of the molecule is CCOc1ccccc1CN1CCNC(=O)[C@@H]1CC(=O)NCC(N)=O. The van der Waals surface area contributed by atoms with E-state index < -0.39 is 11.9 Å². The summed E-state index contributed by atoms with van der Waals surface area (Å²) in [6, 6.07) is 7.04. The van der Waals surface area contributed by atoms with E-state index in [1.165, 1.54) is 0 Å². The molecule has 1 atom stereocenters. The molecule has 1 saturated heterocycles. The van der Waals surface area contributed by atoms with Crippen LogP contribution >= 0.6 is 0 Å². The van der Waals surface area contributed by atoms with Crippen molar-refractivity contribution in [1.82, 2.24) is 15.5 Å². The first-order valence-corrected chi connectivity index (χ1v) is 8.28. The molecule has 0 bridgehead atoms. The fraction of sp³-hybridized carbons (Fsp3) is 0.471. The number of rotatable bonds is 8. The first-order chi connectivity index (χ1) is 12.0. The van der Waals surface area contributed by atoms with Crippen LogP contribution in [0.15, 0.2) is 24.3 Å². The summed E-state index contributed by atoms with van der Waals surface area (Å²) in [6.07, 6.45) is -0.0318. The van der Waals surface area contributed by atoms with E-state index in [1.807, 2.05) is 36.1 Å². The van der Waals surface area contributed by atoms with Gasteiger partial charge in [0, 0.05) is 25.2 Å². The minimum atomic E-state index is -0.621. The molecule has 0 radical (unpaired) electrons. The monoisotopic (exact) mass is 348 g/mol. The van der Waals surface area contributed by atoms with Crippen LogP contribution in [0.4, 0.5) is 0 Å². The summed E-state index contributed by atoms with van der Waals surface area (Å²) in [5.41, 5.74) is 5.98. The number of amides is 3. The molecule has 3 amide bonds. The molecule has 0 spiro atoms. The van der Waals surface area contributed by atoms with Gasteiger partial charge >= 0.3 is 0 Å². The van der Waals surface area contributed by atoms with Gasteiger partial charge in [0.2, 0.25) is 17.7 Å². The summed E-state index contributed by atoms with van der Waals surface area (Å²) < 4.78 is 5.63. The van der Waals surface area contributed by atoms with E-state index in [4.69, 9.17) is 10.5 Å². The first-order valence-electron chi connectivity index (χ1n) is 8.28. The Balaban J connectivity index is 2.07. The van der Waals surface area contributed by atoms with Crippen LogP contribution < -0.4 is 21.1 Å². The number of carbonyl (C=O) groups is 3. The second kappa shape index (κ2) is 9.03. The van der Waals surface area contributed by atoms with Crippen molar-refractivity contribution in [2.24, 2.45) is 5.73 Å². The molecule has 1 aliphatic rings. The van der Waals surface area contributed by atoms with E-state index in [-0.39, 0.29) is 24.8 Å². The van der Waals surface area contributed by atoms with Crippen molar-refractivity contribution in [3.8, 4) is 5.75 Å². The Kier molecular flexibility index (Phi) is 6.76. The number of piperazine rings is 1. The number of nitrogens with zero attached hydrogens (tertiary/aromatic N) is 1. The van der Waals surface area contributed by atoms with Crippen molar-refractivity contribution in [3.63, 3.8) is 0 Å². The topological polar surface area (TPSA) is 114 Å². The molecule has 136 valence electrons. The molecule has 0 unspecified atom stereocenters. The highest BCUT2D eigenvalue weighted by molar-refractivity contribution is 5.90. The standard InChI is InChI=1S/C17H24N4O4/c1-2-25-14-6-4-3-5-12(14)11-21-8-7-19-17(24)13(21)9-16(23)20-10-15(18)22/h3-6,13H,2,7-11H2,1H3,(H2,18,22)(H,19,24)(H,20,23)/t13-/m0/s1. The highest BCUT2D eigenvalue weighted by Gasteiger charge is 2.32. The lowest BCUT2D eigenvalue weighted by Crippen LogP contribution is -2.56. The summed E-state index contributed by atoms with van der Waals surface area (Å²) in [6.45, 7) is 3.88. The van der Waals surface area contributed by atoms with E-state index in [9.17, 15) is 14.4 Å². The number of primary amides is 1. The Morgan fingerprint density at radius 1 is 1.40 bits per heavy atom. The van der Waals surface area contributed by atoms with Crippen LogP contribution in [0.25, 0.3) is 0 Å². The largest absolute Gasteiger partial charge is 0.494 e. The molecular weight excluding hydrogens is 324 g/mol. The van der Waals surface area contributed by atoms with Crippen molar-refractivity contribution < 1.29 is 19.1 Å². The number of para-hydroxylation sites is 1. The van der Waals surface area contributed by atoms with Gasteiger partial charge < -0.3 is 21.1 Å². The zero-order chi connectivity index (χ0) is 18.2. The van der Waals surface area contributed by atoms with Crippen molar-refractivity contribution in [3.05, 3.63) is 29.8 Å². The van der Waals surface area contributed by atoms with Gasteiger partial charge in [0.1, 0.15) is 5.75 Å². The Labute approximate surface area is 146 Å². The molecule has 1 aromatic rings. The normalized spacial score (nSPS) is 17.6. The molecule has 4 N–H and O–H groups in total. The molecule has 2 rings (SSSR count). The molecule has 1 aromatic carbocycles. The van der Waals surface area contributed by atoms with Crippen LogP contribution in [-0.4, -0.2) is 54.9 Å². The van der Waals surface area contributed by atoms with Crippen molar-refractivity contribution in [2.75, 3.05) is 26.2 Å². The lowest BCUT2D eigenvalue weighted by Gasteiger charge is -2.35. The highest BCUT2D eigenvalue weighted by atomic mass is 16.5. The molecule has 0 aromatic heterocycles. The summed E-state index contributed by atoms with van der Waals surface area (Å²) in [5.74, 6) is -0.435. The van der Waals surface area contributed by atoms with Gasteiger partial charge in [0.05, 0.1) is 25.6 Å². The van der Waals surface area contributed by atoms with E-state index >= 15 is 0 Å². The van der Waals surface area contributed by atoms with Crippen LogP contribution in [-0.2, 0) is 20.9 Å². The van der Waals surface area contributed by atoms with Gasteiger partial charge in [-0.1, -0.05) is 18.2 Å². The Bertz CT molecular complexity index is 635. The summed E-state index contributed by atoms with van der Waals surface area (Å²) in [7, 11) is 0. The second-order valence-electron chi connectivity index (χ2n) is 5.77. The molecule has 8 nitrogen and oxygen atoms in total. The lowest BCUT2D eigenvalue weighted by molar-refractivity contribution is -0.134. The third-order valence-electron chi connectivity index (χ3n) is 3.93. The Hall–Kier alpha value is -2.61. The third kappa shape index (κ3) is 5.46. The highest BCUT2D eigenvalue weighted by Crippen LogP contribution is 2.22. The van der Waals surface area contributed by atoms with Gasteiger partial charge in [-0.25, -0.2) is 0 Å². The van der Waals surface area contributed by atoms with Gasteiger partial charge in [-0.15, -0.1) is 0 Å². The number of hydrogen-bond donors (Lipinski definition) is 3. The van der Waals surface area contributed by atoms with Gasteiger partial charge in [-0.05, 0) is 13.0 Å². The summed E-state index contributed by atoms with van der Waals surface area (Å²) >= 11 is 0. The summed E-state index contributed by atoms with van der Waals surface area (Å²) in [5, 5.41) is 5.20. The molecule has 1 aliphatic heterocycles. The predicted octanol–water partition coefficient (Wildman–Crippen LogP) is -0.623. The van der Waals surface area contributed by atoms with Gasteiger partial charge in [0.25, 0.3) is 0 Å². The lowest BCUT2D eigenvalue weighted by atomic mass is 10.1. The Morgan fingerprint density at radius 3 is 2.88 bits per heavy atom. The van der Waals surface area contributed by atoms with Crippen LogP contribution in [0.2, 0.25) is 0 Å². The molecule has 1 fully saturated rings. The predicted molar refractivity (Wildman–Crippen MR) is 91.6 cm³/mol. The molecular formula is C17H24N4O4. The average Bonchev–Trinajstić information content (AvgIpc) is 2.58. The van der Waals surface area contributed by atoms with E-state index in [1.54, 1.807) is 0 Å². The number of carbonyl (C=O) groups excluding carboxylic acids is 3. The van der Waals surface area contributed by atoms with Crippen molar-refractivity contribution >= 4 is 17.7 Å². The number of benzene rings is 1. The fourth-order valence-corrected chi connectivity index (χ4v) is 2.76. The van der Waals surface area contributed by atoms with E-state index in [0.29, 0.717) is 26.2 Å². The zero-order valence-corrected chi connectivity index (χ0v) is 14.3. The van der Waals surface area contributed by atoms with Crippen molar-refractivity contribution in [2.45, 2.75) is 25.9 Å². The van der Waals surface area contributed by atoms with Crippen LogP contribution in [0, 0.1) is 0 Å². The number of nitrogens with two attached hydrogens (primary N) is 1. The maximum atomic E-state index is 12.2. The van der Waals surface area contributed by atoms with Crippen LogP contribution in [0.5, 0.6) is 5.75 Å². The minimum absolute atomic E-state index is 0.0318. The van der Waals surface area contributed by atoms with Crippen LogP contribution in [0.3, 0.4) is 0 Å². The number of nitrogens with one attached hydrogen (secondary N) is 2. The zero-order valence-electron chi connectivity index (χ0n) is 14.3. The van der Waals surface area contributed by atoms with Crippen molar-refractivity contribution in [1.29, 1.82) is 0 Å². The maximum absolute atomic E-state index is 12.2. The Morgan fingerprint density at radius 2 is 2.16 bits per heavy atom.